The van der Waals surface area contributed by atoms with E-state index < -0.39 is 8.07 Å². The number of fused-ring (bicyclic) bond motifs is 5. The van der Waals surface area contributed by atoms with Gasteiger partial charge in [-0.2, -0.15) is 0 Å². The molecule has 0 radical (unpaired) electrons. The standard InChI is InChI=1S/C29H32N3Si/c1-7-33(8-2,9-3)21-16-20-12-14-31(6)28-25-19(5)18(4)15-23-22-11-10-13-30-29(22)32(27(23)25)24(17-21)26(20)28/h10-17H,7-9H2,1-6H3/q+1. The van der Waals surface area contributed by atoms with Gasteiger partial charge in [0.15, 0.2) is 6.20 Å². The SMILES string of the molecule is CC[Si](CC)(CC)c1cc2cc[n+](C)c3c4c(C)c(C)cc5c6cccnc6n(c(c1)c23)c54. The molecular weight excluding hydrogens is 418 g/mol. The molecule has 4 heteroatoms. The highest BCUT2D eigenvalue weighted by Gasteiger charge is 2.32. The summed E-state index contributed by atoms with van der Waals surface area (Å²) in [6.07, 6.45) is 4.19. The molecule has 0 aliphatic rings. The van der Waals surface area contributed by atoms with Crippen LogP contribution in [0.5, 0.6) is 0 Å². The Labute approximate surface area is 196 Å². The molecule has 0 fully saturated rings. The number of rotatable bonds is 4. The van der Waals surface area contributed by atoms with Crippen molar-refractivity contribution in [3.05, 3.63) is 59.9 Å². The van der Waals surface area contributed by atoms with Gasteiger partial charge in [0.25, 0.3) is 0 Å². The highest BCUT2D eigenvalue weighted by atomic mass is 28.3. The molecule has 2 aromatic carbocycles. The Morgan fingerprint density at radius 3 is 2.42 bits per heavy atom. The largest absolute Gasteiger partial charge is 0.292 e. The van der Waals surface area contributed by atoms with Crippen LogP contribution in [0.1, 0.15) is 31.9 Å². The van der Waals surface area contributed by atoms with Crippen molar-refractivity contribution < 1.29 is 4.57 Å². The lowest BCUT2D eigenvalue weighted by Gasteiger charge is -2.29. The van der Waals surface area contributed by atoms with E-state index in [-0.39, 0.29) is 0 Å². The van der Waals surface area contributed by atoms with Crippen LogP contribution in [-0.4, -0.2) is 17.5 Å². The third-order valence-corrected chi connectivity index (χ3v) is 14.2. The van der Waals surface area contributed by atoms with Crippen LogP contribution in [0.2, 0.25) is 18.1 Å². The number of aromatic nitrogens is 3. The summed E-state index contributed by atoms with van der Waals surface area (Å²) in [5.41, 5.74) is 7.75. The van der Waals surface area contributed by atoms with Crippen molar-refractivity contribution in [2.75, 3.05) is 0 Å². The molecule has 4 aromatic heterocycles. The van der Waals surface area contributed by atoms with E-state index in [2.05, 4.69) is 93.2 Å². The Balaban J connectivity index is 2.00. The first-order valence-electron chi connectivity index (χ1n) is 12.3. The van der Waals surface area contributed by atoms with Crippen molar-refractivity contribution in [3.63, 3.8) is 0 Å². The quantitative estimate of drug-likeness (QED) is 0.129. The predicted octanol–water partition coefficient (Wildman–Crippen LogP) is 6.54. The lowest BCUT2D eigenvalue weighted by atomic mass is 9.97. The Bertz CT molecular complexity index is 1700. The first kappa shape index (κ1) is 20.6. The summed E-state index contributed by atoms with van der Waals surface area (Å²) in [4.78, 5) is 4.93. The van der Waals surface area contributed by atoms with Crippen LogP contribution in [-0.2, 0) is 7.05 Å². The van der Waals surface area contributed by atoms with Crippen LogP contribution < -0.4 is 9.75 Å². The molecule has 0 saturated heterocycles. The maximum Gasteiger partial charge on any atom is 0.224 e. The fourth-order valence-electron chi connectivity index (χ4n) is 6.38. The molecule has 3 nitrogen and oxygen atoms in total. The van der Waals surface area contributed by atoms with Crippen molar-refractivity contribution in [2.24, 2.45) is 7.05 Å². The molecule has 0 spiro atoms. The summed E-state index contributed by atoms with van der Waals surface area (Å²) >= 11 is 0. The van der Waals surface area contributed by atoms with Crippen LogP contribution in [0, 0.1) is 13.8 Å². The van der Waals surface area contributed by atoms with Crippen LogP contribution in [0.4, 0.5) is 0 Å². The molecule has 0 aliphatic carbocycles. The van der Waals surface area contributed by atoms with Gasteiger partial charge in [-0.1, -0.05) is 50.2 Å². The summed E-state index contributed by atoms with van der Waals surface area (Å²) < 4.78 is 4.80. The van der Waals surface area contributed by atoms with Crippen LogP contribution in [0.3, 0.4) is 0 Å². The van der Waals surface area contributed by atoms with Gasteiger partial charge < -0.3 is 0 Å². The topological polar surface area (TPSA) is 21.2 Å². The zero-order valence-electron chi connectivity index (χ0n) is 20.6. The number of aryl methyl sites for hydroxylation is 3. The summed E-state index contributed by atoms with van der Waals surface area (Å²) in [6, 6.07) is 17.9. The third kappa shape index (κ3) is 2.50. The minimum atomic E-state index is -1.55. The van der Waals surface area contributed by atoms with E-state index in [4.69, 9.17) is 4.98 Å². The lowest BCUT2D eigenvalue weighted by Crippen LogP contribution is -2.45. The monoisotopic (exact) mass is 450 g/mol. The molecule has 6 rings (SSSR count). The highest BCUT2D eigenvalue weighted by Crippen LogP contribution is 2.41. The van der Waals surface area contributed by atoms with Gasteiger partial charge in [-0.3, -0.25) is 4.40 Å². The zero-order chi connectivity index (χ0) is 23.1. The maximum atomic E-state index is 4.93. The van der Waals surface area contributed by atoms with E-state index in [1.807, 2.05) is 6.20 Å². The summed E-state index contributed by atoms with van der Waals surface area (Å²) in [7, 11) is 0.647. The third-order valence-electron chi connectivity index (χ3n) is 8.67. The molecule has 166 valence electrons. The number of benzene rings is 2. The Hall–Kier alpha value is -2.98. The fraction of sp³-hybridized carbons (Fsp3) is 0.310. The van der Waals surface area contributed by atoms with Gasteiger partial charge in [0.1, 0.15) is 12.7 Å². The van der Waals surface area contributed by atoms with Crippen molar-refractivity contribution >= 4 is 62.4 Å². The van der Waals surface area contributed by atoms with E-state index in [1.54, 1.807) is 5.19 Å². The molecule has 0 amide bonds. The fourth-order valence-corrected chi connectivity index (χ4v) is 10.0. The molecule has 0 N–H and O–H groups in total. The smallest absolute Gasteiger partial charge is 0.224 e. The molecule has 0 bridgehead atoms. The molecule has 0 atom stereocenters. The number of hydrogen-bond acceptors (Lipinski definition) is 1. The molecule has 4 heterocycles. The van der Waals surface area contributed by atoms with Gasteiger partial charge in [-0.05, 0) is 54.6 Å². The average Bonchev–Trinajstić information content (AvgIpc) is 3.16. The molecule has 6 aromatic rings. The average molecular weight is 451 g/mol. The molecule has 0 aliphatic heterocycles. The van der Waals surface area contributed by atoms with E-state index in [0.717, 1.165) is 5.65 Å². The van der Waals surface area contributed by atoms with Crippen molar-refractivity contribution in [3.8, 4) is 0 Å². The van der Waals surface area contributed by atoms with Crippen LogP contribution in [0.25, 0.3) is 49.1 Å². The Kier molecular flexibility index (Phi) is 4.38. The summed E-state index contributed by atoms with van der Waals surface area (Å²) in [5, 5.41) is 8.24. The van der Waals surface area contributed by atoms with E-state index >= 15 is 0 Å². The lowest BCUT2D eigenvalue weighted by molar-refractivity contribution is -0.643. The van der Waals surface area contributed by atoms with E-state index in [0.29, 0.717) is 0 Å². The van der Waals surface area contributed by atoms with Crippen LogP contribution >= 0.6 is 0 Å². The van der Waals surface area contributed by atoms with Crippen molar-refractivity contribution in [1.29, 1.82) is 0 Å². The molecular formula is C29H32N3Si+. The maximum absolute atomic E-state index is 4.93. The van der Waals surface area contributed by atoms with Gasteiger partial charge in [0.2, 0.25) is 5.52 Å². The summed E-state index contributed by atoms with van der Waals surface area (Å²) in [6.45, 7) is 11.7. The number of hydrogen-bond donors (Lipinski definition) is 0. The van der Waals surface area contributed by atoms with Gasteiger partial charge >= 0.3 is 0 Å². The molecule has 0 saturated carbocycles. The van der Waals surface area contributed by atoms with Crippen molar-refractivity contribution in [2.45, 2.75) is 52.8 Å². The second kappa shape index (κ2) is 7.01. The van der Waals surface area contributed by atoms with E-state index in [1.165, 1.54) is 72.7 Å². The summed E-state index contributed by atoms with van der Waals surface area (Å²) in [5.74, 6) is 0. The predicted molar refractivity (Wildman–Crippen MR) is 144 cm³/mol. The normalized spacial score (nSPS) is 12.9. The number of nitrogens with zero attached hydrogens (tertiary/aromatic N) is 3. The molecule has 33 heavy (non-hydrogen) atoms. The minimum Gasteiger partial charge on any atom is -0.292 e. The van der Waals surface area contributed by atoms with E-state index in [9.17, 15) is 0 Å². The minimum absolute atomic E-state index is 1.08. The second-order valence-electron chi connectivity index (χ2n) is 9.88. The second-order valence-corrected chi connectivity index (χ2v) is 15.1. The zero-order valence-corrected chi connectivity index (χ0v) is 21.6. The van der Waals surface area contributed by atoms with Crippen LogP contribution in [0.15, 0.2) is 48.8 Å². The first-order valence-corrected chi connectivity index (χ1v) is 14.9. The highest BCUT2D eigenvalue weighted by molar-refractivity contribution is 6.92. The van der Waals surface area contributed by atoms with Gasteiger partial charge in [0.05, 0.1) is 29.9 Å². The Morgan fingerprint density at radius 2 is 1.70 bits per heavy atom. The van der Waals surface area contributed by atoms with Gasteiger partial charge in [-0.25, -0.2) is 9.55 Å². The van der Waals surface area contributed by atoms with Crippen molar-refractivity contribution in [1.82, 2.24) is 9.38 Å². The Morgan fingerprint density at radius 1 is 0.939 bits per heavy atom. The molecule has 0 unspecified atom stereocenters. The number of pyridine rings is 3. The van der Waals surface area contributed by atoms with Gasteiger partial charge in [-0.15, -0.1) is 0 Å². The first-order chi connectivity index (χ1) is 16.0. The van der Waals surface area contributed by atoms with Gasteiger partial charge in [0, 0.05) is 23.0 Å².